The van der Waals surface area contributed by atoms with Gasteiger partial charge in [-0.2, -0.15) is 0 Å². The molecule has 4 saturated carbocycles. The van der Waals surface area contributed by atoms with E-state index < -0.39 is 0 Å². The van der Waals surface area contributed by atoms with E-state index in [9.17, 15) is 0 Å². The summed E-state index contributed by atoms with van der Waals surface area (Å²) in [6.07, 6.45) is 9.00. The van der Waals surface area contributed by atoms with Gasteiger partial charge in [0.1, 0.15) is 0 Å². The van der Waals surface area contributed by atoms with Crippen molar-refractivity contribution in [3.63, 3.8) is 0 Å². The molecule has 0 saturated heterocycles. The molecule has 0 aliphatic heterocycles. The minimum atomic E-state index is 0.586. The highest BCUT2D eigenvalue weighted by atomic mass is 14.9. The van der Waals surface area contributed by atoms with E-state index in [2.05, 4.69) is 48.3 Å². The molecule has 1 nitrogen and oxygen atoms in total. The molecule has 4 bridgehead atoms. The molecule has 4 aliphatic carbocycles. The lowest BCUT2D eigenvalue weighted by Gasteiger charge is -2.59. The van der Waals surface area contributed by atoms with Crippen molar-refractivity contribution in [1.82, 2.24) is 5.32 Å². The Hall–Kier alpha value is -1.26. The monoisotopic (exact) mass is 293 g/mol. The summed E-state index contributed by atoms with van der Waals surface area (Å²) < 4.78 is 0. The van der Waals surface area contributed by atoms with Gasteiger partial charge in [0, 0.05) is 11.6 Å². The zero-order valence-corrected chi connectivity index (χ0v) is 13.6. The lowest BCUT2D eigenvalue weighted by Crippen LogP contribution is -2.54. The molecule has 0 radical (unpaired) electrons. The van der Waals surface area contributed by atoms with Gasteiger partial charge >= 0.3 is 0 Å². The van der Waals surface area contributed by atoms with Crippen LogP contribution in [0.5, 0.6) is 0 Å². The maximum atomic E-state index is 3.74. The van der Waals surface area contributed by atoms with Gasteiger partial charge in [-0.1, -0.05) is 30.0 Å². The molecule has 4 aliphatic rings. The molecule has 116 valence electrons. The van der Waals surface area contributed by atoms with Crippen LogP contribution in [0.25, 0.3) is 0 Å². The molecule has 1 aromatic carbocycles. The second kappa shape index (κ2) is 5.74. The molecular weight excluding hydrogens is 266 g/mol. The Morgan fingerprint density at radius 3 is 2.23 bits per heavy atom. The summed E-state index contributed by atoms with van der Waals surface area (Å²) in [4.78, 5) is 0. The van der Waals surface area contributed by atoms with Crippen LogP contribution in [0.2, 0.25) is 0 Å². The van der Waals surface area contributed by atoms with Gasteiger partial charge in [0.2, 0.25) is 0 Å². The van der Waals surface area contributed by atoms with E-state index >= 15 is 0 Å². The summed E-state index contributed by atoms with van der Waals surface area (Å²) >= 11 is 0. The van der Waals surface area contributed by atoms with Crippen molar-refractivity contribution in [2.45, 2.75) is 51.5 Å². The third-order valence-corrected chi connectivity index (χ3v) is 6.51. The first-order chi connectivity index (χ1) is 10.7. The largest absolute Gasteiger partial charge is 0.303 e. The van der Waals surface area contributed by atoms with Crippen LogP contribution in [-0.2, 0) is 0 Å². The van der Waals surface area contributed by atoms with Gasteiger partial charge < -0.3 is 5.32 Å². The number of hydrogen-bond donors (Lipinski definition) is 1. The van der Waals surface area contributed by atoms with Gasteiger partial charge in [-0.15, -0.1) is 0 Å². The van der Waals surface area contributed by atoms with E-state index in [4.69, 9.17) is 0 Å². The molecule has 0 heterocycles. The molecule has 5 rings (SSSR count). The van der Waals surface area contributed by atoms with E-state index in [1.807, 2.05) is 6.07 Å². The predicted molar refractivity (Wildman–Crippen MR) is 91.4 cm³/mol. The molecule has 4 fully saturated rings. The Morgan fingerprint density at radius 2 is 1.64 bits per heavy atom. The molecular formula is C21H27N. The average Bonchev–Trinajstić information content (AvgIpc) is 2.51. The number of rotatable bonds is 3. The fourth-order valence-corrected chi connectivity index (χ4v) is 5.80. The van der Waals surface area contributed by atoms with Crippen LogP contribution in [0.4, 0.5) is 0 Å². The average molecular weight is 293 g/mol. The summed E-state index contributed by atoms with van der Waals surface area (Å²) in [5, 5.41) is 3.74. The van der Waals surface area contributed by atoms with Crippen molar-refractivity contribution >= 4 is 0 Å². The second-order valence-electron chi connectivity index (χ2n) is 8.05. The smallest absolute Gasteiger partial charge is 0.0582 e. The van der Waals surface area contributed by atoms with E-state index in [-0.39, 0.29) is 0 Å². The van der Waals surface area contributed by atoms with Gasteiger partial charge in [-0.3, -0.25) is 0 Å². The summed E-state index contributed by atoms with van der Waals surface area (Å²) in [6.45, 7) is 3.23. The first kappa shape index (κ1) is 14.3. The highest BCUT2D eigenvalue weighted by Gasteiger charge is 2.52. The summed E-state index contributed by atoms with van der Waals surface area (Å²) in [6, 6.07) is 10.9. The van der Waals surface area contributed by atoms with E-state index in [1.54, 1.807) is 0 Å². The van der Waals surface area contributed by atoms with Gasteiger partial charge in [-0.05, 0) is 80.8 Å². The molecule has 0 aromatic heterocycles. The molecule has 0 amide bonds. The van der Waals surface area contributed by atoms with Crippen LogP contribution in [0.1, 0.15) is 51.0 Å². The lowest BCUT2D eigenvalue weighted by molar-refractivity contribution is -0.0697. The molecule has 1 heteroatoms. The van der Waals surface area contributed by atoms with Crippen molar-refractivity contribution in [3.8, 4) is 11.8 Å². The normalized spacial score (nSPS) is 36.7. The fourth-order valence-electron chi connectivity index (χ4n) is 5.80. The number of hydrogen-bond acceptors (Lipinski definition) is 1. The first-order valence-electron chi connectivity index (χ1n) is 9.01. The van der Waals surface area contributed by atoms with Crippen LogP contribution in [-0.4, -0.2) is 12.6 Å². The number of benzene rings is 1. The van der Waals surface area contributed by atoms with E-state index in [1.165, 1.54) is 38.5 Å². The Kier molecular flexibility index (Phi) is 3.74. The minimum Gasteiger partial charge on any atom is -0.303 e. The maximum Gasteiger partial charge on any atom is 0.0582 e. The molecule has 1 atom stereocenters. The molecule has 1 unspecified atom stereocenters. The Morgan fingerprint density at radius 1 is 1.05 bits per heavy atom. The topological polar surface area (TPSA) is 12.0 Å². The zero-order valence-electron chi connectivity index (χ0n) is 13.6. The lowest BCUT2D eigenvalue weighted by atomic mass is 9.48. The summed E-state index contributed by atoms with van der Waals surface area (Å²) in [7, 11) is 0. The minimum absolute atomic E-state index is 0.586. The second-order valence-corrected chi connectivity index (χ2v) is 8.05. The van der Waals surface area contributed by atoms with E-state index in [0.29, 0.717) is 11.5 Å². The Bertz CT molecular complexity index is 542. The van der Waals surface area contributed by atoms with Gasteiger partial charge in [0.05, 0.1) is 6.54 Å². The van der Waals surface area contributed by atoms with Gasteiger partial charge in [-0.25, -0.2) is 0 Å². The molecule has 1 N–H and O–H groups in total. The Labute approximate surface area is 134 Å². The third-order valence-electron chi connectivity index (χ3n) is 6.51. The SMILES string of the molecule is CC(NCC#Cc1ccccc1)C12CC3CC(CC(C3)C1)C2. The summed E-state index contributed by atoms with van der Waals surface area (Å²) in [5.41, 5.74) is 1.70. The number of nitrogens with one attached hydrogen (secondary N) is 1. The molecule has 22 heavy (non-hydrogen) atoms. The molecule has 0 spiro atoms. The van der Waals surface area contributed by atoms with Gasteiger partial charge in [0.25, 0.3) is 0 Å². The standard InChI is InChI=1S/C21H27N/c1-16(22-9-5-8-17-6-3-2-4-7-17)21-13-18-10-19(14-21)12-20(11-18)15-21/h2-4,6-7,16,18-20,22H,9-15H2,1H3. The predicted octanol–water partition coefficient (Wildman–Crippen LogP) is 4.23. The Balaban J connectivity index is 1.37. The van der Waals surface area contributed by atoms with Crippen LogP contribution in [0, 0.1) is 35.0 Å². The van der Waals surface area contributed by atoms with Crippen molar-refractivity contribution in [2.75, 3.05) is 6.54 Å². The van der Waals surface area contributed by atoms with Crippen molar-refractivity contribution < 1.29 is 0 Å². The van der Waals surface area contributed by atoms with Crippen LogP contribution >= 0.6 is 0 Å². The third kappa shape index (κ3) is 2.70. The highest BCUT2D eigenvalue weighted by molar-refractivity contribution is 5.33. The van der Waals surface area contributed by atoms with Crippen LogP contribution in [0.3, 0.4) is 0 Å². The van der Waals surface area contributed by atoms with Crippen LogP contribution < -0.4 is 5.32 Å². The van der Waals surface area contributed by atoms with Gasteiger partial charge in [0.15, 0.2) is 0 Å². The van der Waals surface area contributed by atoms with E-state index in [0.717, 1.165) is 29.9 Å². The van der Waals surface area contributed by atoms with Crippen LogP contribution in [0.15, 0.2) is 30.3 Å². The zero-order chi connectivity index (χ0) is 15.0. The van der Waals surface area contributed by atoms with Crippen molar-refractivity contribution in [2.24, 2.45) is 23.2 Å². The maximum absolute atomic E-state index is 3.74. The van der Waals surface area contributed by atoms with Crippen molar-refractivity contribution in [3.05, 3.63) is 35.9 Å². The first-order valence-corrected chi connectivity index (χ1v) is 9.01. The quantitative estimate of drug-likeness (QED) is 0.822. The highest BCUT2D eigenvalue weighted by Crippen LogP contribution is 2.61. The van der Waals surface area contributed by atoms with Crippen molar-refractivity contribution in [1.29, 1.82) is 0 Å². The molecule has 1 aromatic rings. The fraction of sp³-hybridized carbons (Fsp3) is 0.619. The summed E-state index contributed by atoms with van der Waals surface area (Å²) in [5.74, 6) is 9.66.